The summed E-state index contributed by atoms with van der Waals surface area (Å²) < 4.78 is 5.75. The third-order valence-electron chi connectivity index (χ3n) is 4.67. The fourth-order valence-electron chi connectivity index (χ4n) is 3.40. The molecule has 2 atom stereocenters. The SMILES string of the molecule is NC(=O)[C@H]1CC[C@@H](C2CCN(C(=O)c3cncc(Cl)c3)CC2)O1. The average molecular weight is 338 g/mol. The van der Waals surface area contributed by atoms with Gasteiger partial charge < -0.3 is 15.4 Å². The number of rotatable bonds is 3. The van der Waals surface area contributed by atoms with Crippen molar-refractivity contribution in [1.82, 2.24) is 9.88 Å². The number of aromatic nitrogens is 1. The van der Waals surface area contributed by atoms with E-state index in [-0.39, 0.29) is 17.9 Å². The molecule has 2 saturated heterocycles. The minimum absolute atomic E-state index is 0.0409. The Kier molecular flexibility index (Phi) is 4.82. The molecular weight excluding hydrogens is 318 g/mol. The molecule has 6 nitrogen and oxygen atoms in total. The van der Waals surface area contributed by atoms with E-state index in [1.54, 1.807) is 6.07 Å². The van der Waals surface area contributed by atoms with Crippen LogP contribution in [0.1, 0.15) is 36.0 Å². The van der Waals surface area contributed by atoms with Gasteiger partial charge >= 0.3 is 0 Å². The Morgan fingerprint density at radius 3 is 2.57 bits per heavy atom. The number of likely N-dealkylation sites (tertiary alicyclic amines) is 1. The Labute approximate surface area is 139 Å². The van der Waals surface area contributed by atoms with Crippen LogP contribution >= 0.6 is 11.6 Å². The van der Waals surface area contributed by atoms with Crippen molar-refractivity contribution < 1.29 is 14.3 Å². The molecule has 2 fully saturated rings. The van der Waals surface area contributed by atoms with Crippen molar-refractivity contribution in [2.24, 2.45) is 11.7 Å². The van der Waals surface area contributed by atoms with Gasteiger partial charge in [-0.25, -0.2) is 0 Å². The monoisotopic (exact) mass is 337 g/mol. The van der Waals surface area contributed by atoms with Crippen molar-refractivity contribution in [3.63, 3.8) is 0 Å². The highest BCUT2D eigenvalue weighted by Crippen LogP contribution is 2.32. The van der Waals surface area contributed by atoms with Gasteiger partial charge in [0.15, 0.2) is 0 Å². The quantitative estimate of drug-likeness (QED) is 0.908. The lowest BCUT2D eigenvalue weighted by atomic mass is 9.89. The molecule has 2 aliphatic rings. The number of carbonyl (C=O) groups excluding carboxylic acids is 2. The fraction of sp³-hybridized carbons (Fsp3) is 0.562. The first-order valence-electron chi connectivity index (χ1n) is 7.89. The Bertz CT molecular complexity index is 602. The van der Waals surface area contributed by atoms with Gasteiger partial charge in [0.25, 0.3) is 5.91 Å². The number of ether oxygens (including phenoxy) is 1. The topological polar surface area (TPSA) is 85.5 Å². The van der Waals surface area contributed by atoms with Crippen LogP contribution in [0.5, 0.6) is 0 Å². The zero-order valence-electron chi connectivity index (χ0n) is 12.8. The zero-order chi connectivity index (χ0) is 16.4. The van der Waals surface area contributed by atoms with Gasteiger partial charge in [0.2, 0.25) is 5.91 Å². The number of primary amides is 1. The molecule has 0 unspecified atom stereocenters. The molecule has 0 aromatic carbocycles. The van der Waals surface area contributed by atoms with Crippen LogP contribution in [0.15, 0.2) is 18.5 Å². The molecule has 7 heteroatoms. The number of nitrogens with two attached hydrogens (primary N) is 1. The van der Waals surface area contributed by atoms with Gasteiger partial charge in [0, 0.05) is 25.5 Å². The van der Waals surface area contributed by atoms with E-state index >= 15 is 0 Å². The molecule has 3 heterocycles. The molecule has 2 amide bonds. The number of pyridine rings is 1. The third kappa shape index (κ3) is 3.64. The van der Waals surface area contributed by atoms with Crippen molar-refractivity contribution in [2.45, 2.75) is 37.9 Å². The van der Waals surface area contributed by atoms with Gasteiger partial charge in [-0.2, -0.15) is 0 Å². The first-order chi connectivity index (χ1) is 11.0. The summed E-state index contributed by atoms with van der Waals surface area (Å²) in [5.74, 6) is -0.0461. The third-order valence-corrected chi connectivity index (χ3v) is 4.88. The summed E-state index contributed by atoms with van der Waals surface area (Å²) in [6.45, 7) is 1.36. The van der Waals surface area contributed by atoms with Crippen LogP contribution in [0.4, 0.5) is 0 Å². The summed E-state index contributed by atoms with van der Waals surface area (Å²) in [5.41, 5.74) is 5.81. The van der Waals surface area contributed by atoms with Crippen LogP contribution in [-0.2, 0) is 9.53 Å². The Balaban J connectivity index is 1.54. The maximum absolute atomic E-state index is 12.5. The van der Waals surface area contributed by atoms with E-state index in [4.69, 9.17) is 22.1 Å². The normalized spacial score (nSPS) is 25.5. The summed E-state index contributed by atoms with van der Waals surface area (Å²) in [4.78, 5) is 29.4. The van der Waals surface area contributed by atoms with Crippen molar-refractivity contribution in [1.29, 1.82) is 0 Å². The fourth-order valence-corrected chi connectivity index (χ4v) is 3.58. The number of halogens is 1. The first kappa shape index (κ1) is 16.2. The number of hydrogen-bond acceptors (Lipinski definition) is 4. The first-order valence-corrected chi connectivity index (χ1v) is 8.27. The van der Waals surface area contributed by atoms with Gasteiger partial charge in [-0.1, -0.05) is 11.6 Å². The maximum Gasteiger partial charge on any atom is 0.255 e. The Morgan fingerprint density at radius 1 is 1.22 bits per heavy atom. The molecule has 0 saturated carbocycles. The molecule has 1 aromatic heterocycles. The van der Waals surface area contributed by atoms with Crippen LogP contribution in [0.2, 0.25) is 5.02 Å². The number of piperidine rings is 1. The van der Waals surface area contributed by atoms with Crippen molar-refractivity contribution in [3.8, 4) is 0 Å². The molecule has 23 heavy (non-hydrogen) atoms. The molecule has 0 radical (unpaired) electrons. The second-order valence-corrected chi connectivity index (χ2v) is 6.60. The van der Waals surface area contributed by atoms with E-state index in [1.165, 1.54) is 12.4 Å². The van der Waals surface area contributed by atoms with Gasteiger partial charge in [0.05, 0.1) is 16.7 Å². The van der Waals surface area contributed by atoms with Crippen molar-refractivity contribution in [3.05, 3.63) is 29.0 Å². The summed E-state index contributed by atoms with van der Waals surface area (Å²) >= 11 is 5.89. The Morgan fingerprint density at radius 2 is 1.96 bits per heavy atom. The zero-order valence-corrected chi connectivity index (χ0v) is 13.5. The van der Waals surface area contributed by atoms with Gasteiger partial charge in [-0.05, 0) is 37.7 Å². The summed E-state index contributed by atoms with van der Waals surface area (Å²) in [5, 5.41) is 0.461. The van der Waals surface area contributed by atoms with E-state index in [2.05, 4.69) is 4.98 Å². The van der Waals surface area contributed by atoms with E-state index in [1.807, 2.05) is 4.90 Å². The molecule has 0 spiro atoms. The molecule has 0 bridgehead atoms. The lowest BCUT2D eigenvalue weighted by molar-refractivity contribution is -0.130. The van der Waals surface area contributed by atoms with Crippen LogP contribution in [0.3, 0.4) is 0 Å². The highest BCUT2D eigenvalue weighted by Gasteiger charge is 2.36. The molecule has 2 N–H and O–H groups in total. The maximum atomic E-state index is 12.5. The largest absolute Gasteiger partial charge is 0.367 e. The summed E-state index contributed by atoms with van der Waals surface area (Å²) in [6.07, 6.45) is 5.99. The lowest BCUT2D eigenvalue weighted by Gasteiger charge is -2.34. The molecule has 124 valence electrons. The van der Waals surface area contributed by atoms with Gasteiger partial charge in [-0.15, -0.1) is 0 Å². The second kappa shape index (κ2) is 6.84. The van der Waals surface area contributed by atoms with Crippen LogP contribution in [-0.4, -0.2) is 47.0 Å². The smallest absolute Gasteiger partial charge is 0.255 e. The van der Waals surface area contributed by atoms with E-state index < -0.39 is 6.10 Å². The number of amides is 2. The minimum atomic E-state index is -0.447. The minimum Gasteiger partial charge on any atom is -0.367 e. The summed E-state index contributed by atoms with van der Waals surface area (Å²) in [6, 6.07) is 1.64. The van der Waals surface area contributed by atoms with Crippen molar-refractivity contribution >= 4 is 23.4 Å². The number of hydrogen-bond donors (Lipinski definition) is 1. The highest BCUT2D eigenvalue weighted by molar-refractivity contribution is 6.30. The lowest BCUT2D eigenvalue weighted by Crippen LogP contribution is -2.41. The Hall–Kier alpha value is -1.66. The van der Waals surface area contributed by atoms with E-state index in [9.17, 15) is 9.59 Å². The predicted octanol–water partition coefficient (Wildman–Crippen LogP) is 1.62. The van der Waals surface area contributed by atoms with Gasteiger partial charge in [-0.3, -0.25) is 14.6 Å². The highest BCUT2D eigenvalue weighted by atomic mass is 35.5. The van der Waals surface area contributed by atoms with Crippen LogP contribution in [0.25, 0.3) is 0 Å². The molecule has 3 rings (SSSR count). The number of carbonyl (C=O) groups is 2. The van der Waals surface area contributed by atoms with E-state index in [0.29, 0.717) is 36.0 Å². The van der Waals surface area contributed by atoms with Crippen molar-refractivity contribution in [2.75, 3.05) is 13.1 Å². The van der Waals surface area contributed by atoms with Crippen LogP contribution in [0, 0.1) is 5.92 Å². The van der Waals surface area contributed by atoms with E-state index in [0.717, 1.165) is 19.3 Å². The molecular formula is C16H20ClN3O3. The summed E-state index contributed by atoms with van der Waals surface area (Å²) in [7, 11) is 0. The van der Waals surface area contributed by atoms with Gasteiger partial charge in [0.1, 0.15) is 6.10 Å². The molecule has 2 aliphatic heterocycles. The standard InChI is InChI=1S/C16H20ClN3O3/c17-12-7-11(8-19-9-12)16(22)20-5-3-10(4-6-20)13-1-2-14(23-13)15(18)21/h7-10,13-14H,1-6H2,(H2,18,21)/t13-,14+/m0/s1. The number of nitrogens with zero attached hydrogens (tertiary/aromatic N) is 2. The predicted molar refractivity (Wildman–Crippen MR) is 85.0 cm³/mol. The second-order valence-electron chi connectivity index (χ2n) is 6.16. The average Bonchev–Trinajstić information content (AvgIpc) is 3.04. The molecule has 1 aromatic rings. The van der Waals surface area contributed by atoms with Crippen LogP contribution < -0.4 is 5.73 Å². The molecule has 0 aliphatic carbocycles.